The lowest BCUT2D eigenvalue weighted by Crippen LogP contribution is -2.05. The molecule has 1 aromatic heterocycles. The van der Waals surface area contributed by atoms with Gasteiger partial charge in [0.15, 0.2) is 0 Å². The summed E-state index contributed by atoms with van der Waals surface area (Å²) in [7, 11) is 1.55. The Hall–Kier alpha value is -2.23. The molecular formula is C16H18N2O2. The third-order valence-corrected chi connectivity index (χ3v) is 3.05. The van der Waals surface area contributed by atoms with Crippen molar-refractivity contribution in [3.63, 3.8) is 0 Å². The summed E-state index contributed by atoms with van der Waals surface area (Å²) < 4.78 is 5.01. The van der Waals surface area contributed by atoms with Gasteiger partial charge in [0.1, 0.15) is 12.1 Å². The van der Waals surface area contributed by atoms with Gasteiger partial charge in [-0.25, -0.2) is 9.97 Å². The van der Waals surface area contributed by atoms with Gasteiger partial charge in [0.25, 0.3) is 0 Å². The fraction of sp³-hybridized carbons (Fsp3) is 0.312. The van der Waals surface area contributed by atoms with Gasteiger partial charge in [-0.05, 0) is 18.4 Å². The van der Waals surface area contributed by atoms with Crippen LogP contribution in [0.5, 0.6) is 5.88 Å². The second kappa shape index (κ2) is 7.38. The zero-order chi connectivity index (χ0) is 14.2. The van der Waals surface area contributed by atoms with E-state index in [1.807, 2.05) is 18.2 Å². The van der Waals surface area contributed by atoms with E-state index in [2.05, 4.69) is 22.1 Å². The predicted molar refractivity (Wildman–Crippen MR) is 76.7 cm³/mol. The van der Waals surface area contributed by atoms with E-state index >= 15 is 0 Å². The van der Waals surface area contributed by atoms with E-state index in [4.69, 9.17) is 4.74 Å². The normalized spacial score (nSPS) is 10.2. The SMILES string of the molecule is COc1cc(CC(=O)CCCc2ccccc2)ncn1. The minimum absolute atomic E-state index is 0.196. The molecule has 1 aromatic carbocycles. The maximum atomic E-state index is 11.9. The number of carbonyl (C=O) groups excluding carboxylic acids is 1. The molecule has 0 bridgehead atoms. The van der Waals surface area contributed by atoms with Gasteiger partial charge in [-0.2, -0.15) is 0 Å². The van der Waals surface area contributed by atoms with Crippen molar-refractivity contribution in [2.75, 3.05) is 7.11 Å². The summed E-state index contributed by atoms with van der Waals surface area (Å²) in [6.45, 7) is 0. The zero-order valence-electron chi connectivity index (χ0n) is 11.6. The molecule has 2 aromatic rings. The fourth-order valence-corrected chi connectivity index (χ4v) is 2.01. The molecule has 0 fully saturated rings. The highest BCUT2D eigenvalue weighted by molar-refractivity contribution is 5.80. The molecule has 0 saturated heterocycles. The molecule has 104 valence electrons. The lowest BCUT2D eigenvalue weighted by molar-refractivity contribution is -0.118. The third kappa shape index (κ3) is 4.46. The number of hydrogen-bond acceptors (Lipinski definition) is 4. The maximum absolute atomic E-state index is 11.9. The molecule has 0 saturated carbocycles. The molecule has 0 unspecified atom stereocenters. The maximum Gasteiger partial charge on any atom is 0.216 e. The van der Waals surface area contributed by atoms with Crippen LogP contribution in [0.1, 0.15) is 24.1 Å². The molecule has 0 atom stereocenters. The molecule has 2 rings (SSSR count). The summed E-state index contributed by atoms with van der Waals surface area (Å²) in [6, 6.07) is 11.9. The summed E-state index contributed by atoms with van der Waals surface area (Å²) in [5.41, 5.74) is 1.98. The van der Waals surface area contributed by atoms with Crippen molar-refractivity contribution in [1.82, 2.24) is 9.97 Å². The Labute approximate surface area is 118 Å². The van der Waals surface area contributed by atoms with Crippen LogP contribution in [0.4, 0.5) is 0 Å². The van der Waals surface area contributed by atoms with E-state index in [0.29, 0.717) is 24.4 Å². The second-order valence-electron chi connectivity index (χ2n) is 4.61. The summed E-state index contributed by atoms with van der Waals surface area (Å²) in [6.07, 6.45) is 4.13. The number of ether oxygens (including phenoxy) is 1. The Morgan fingerprint density at radius 2 is 2.00 bits per heavy atom. The minimum atomic E-state index is 0.196. The van der Waals surface area contributed by atoms with Gasteiger partial charge in [0.05, 0.1) is 12.8 Å². The van der Waals surface area contributed by atoms with E-state index in [1.165, 1.54) is 11.9 Å². The summed E-state index contributed by atoms with van der Waals surface area (Å²) in [5, 5.41) is 0. The predicted octanol–water partition coefficient (Wildman–Crippen LogP) is 2.62. The molecule has 4 nitrogen and oxygen atoms in total. The van der Waals surface area contributed by atoms with Gasteiger partial charge in [0.2, 0.25) is 5.88 Å². The molecule has 0 spiro atoms. The molecule has 0 aliphatic heterocycles. The van der Waals surface area contributed by atoms with Crippen LogP contribution in [-0.4, -0.2) is 22.9 Å². The second-order valence-corrected chi connectivity index (χ2v) is 4.61. The van der Waals surface area contributed by atoms with Crippen molar-refractivity contribution in [2.45, 2.75) is 25.7 Å². The van der Waals surface area contributed by atoms with Gasteiger partial charge in [-0.1, -0.05) is 30.3 Å². The number of Topliss-reactive ketones (excluding diaryl/α,β-unsaturated/α-hetero) is 1. The first-order valence-electron chi connectivity index (χ1n) is 6.68. The Balaban J connectivity index is 1.77. The number of ketones is 1. The van der Waals surface area contributed by atoms with Crippen molar-refractivity contribution in [2.24, 2.45) is 0 Å². The van der Waals surface area contributed by atoms with E-state index in [9.17, 15) is 4.79 Å². The first-order valence-corrected chi connectivity index (χ1v) is 6.68. The van der Waals surface area contributed by atoms with E-state index in [0.717, 1.165) is 12.8 Å². The van der Waals surface area contributed by atoms with Gasteiger partial charge in [-0.3, -0.25) is 4.79 Å². The average molecular weight is 270 g/mol. The number of methoxy groups -OCH3 is 1. The molecule has 4 heteroatoms. The van der Waals surface area contributed by atoms with Crippen LogP contribution in [-0.2, 0) is 17.6 Å². The lowest BCUT2D eigenvalue weighted by atomic mass is 10.0. The first kappa shape index (κ1) is 14.2. The van der Waals surface area contributed by atoms with Crippen LogP contribution in [0.15, 0.2) is 42.7 Å². The Morgan fingerprint density at radius 1 is 1.20 bits per heavy atom. The van der Waals surface area contributed by atoms with Crippen LogP contribution in [0.3, 0.4) is 0 Å². The lowest BCUT2D eigenvalue weighted by Gasteiger charge is -2.03. The summed E-state index contributed by atoms with van der Waals surface area (Å²) >= 11 is 0. The van der Waals surface area contributed by atoms with Crippen molar-refractivity contribution >= 4 is 5.78 Å². The Bertz CT molecular complexity index is 555. The topological polar surface area (TPSA) is 52.1 Å². The number of nitrogens with zero attached hydrogens (tertiary/aromatic N) is 2. The molecular weight excluding hydrogens is 252 g/mol. The molecule has 0 aliphatic carbocycles. The van der Waals surface area contributed by atoms with Crippen molar-refractivity contribution in [1.29, 1.82) is 0 Å². The summed E-state index contributed by atoms with van der Waals surface area (Å²) in [4.78, 5) is 19.9. The van der Waals surface area contributed by atoms with Gasteiger partial charge in [0, 0.05) is 18.9 Å². The first-order chi connectivity index (χ1) is 9.78. The monoisotopic (exact) mass is 270 g/mol. The standard InChI is InChI=1S/C16H18N2O2/c1-20-16-11-14(17-12-18-16)10-15(19)9-5-8-13-6-3-2-4-7-13/h2-4,6-7,11-12H,5,8-10H2,1H3. The highest BCUT2D eigenvalue weighted by Crippen LogP contribution is 2.09. The van der Waals surface area contributed by atoms with E-state index in [1.54, 1.807) is 13.2 Å². The highest BCUT2D eigenvalue weighted by atomic mass is 16.5. The van der Waals surface area contributed by atoms with E-state index in [-0.39, 0.29) is 5.78 Å². The van der Waals surface area contributed by atoms with Crippen molar-refractivity contribution in [3.05, 3.63) is 54.0 Å². The molecule has 0 aliphatic rings. The largest absolute Gasteiger partial charge is 0.481 e. The van der Waals surface area contributed by atoms with Crippen LogP contribution in [0.25, 0.3) is 0 Å². The van der Waals surface area contributed by atoms with Crippen LogP contribution in [0, 0.1) is 0 Å². The number of benzene rings is 1. The fourth-order valence-electron chi connectivity index (χ4n) is 2.01. The minimum Gasteiger partial charge on any atom is -0.481 e. The molecule has 0 amide bonds. The molecule has 0 N–H and O–H groups in total. The number of carbonyl (C=O) groups is 1. The van der Waals surface area contributed by atoms with Crippen LogP contribution >= 0.6 is 0 Å². The van der Waals surface area contributed by atoms with Crippen molar-refractivity contribution < 1.29 is 9.53 Å². The number of aromatic nitrogens is 2. The summed E-state index contributed by atoms with van der Waals surface area (Å²) in [5.74, 6) is 0.689. The Morgan fingerprint density at radius 3 is 2.75 bits per heavy atom. The number of aryl methyl sites for hydroxylation is 1. The number of rotatable bonds is 7. The van der Waals surface area contributed by atoms with Gasteiger partial charge in [-0.15, -0.1) is 0 Å². The average Bonchev–Trinajstić information content (AvgIpc) is 2.48. The quantitative estimate of drug-likeness (QED) is 0.776. The van der Waals surface area contributed by atoms with E-state index < -0.39 is 0 Å². The van der Waals surface area contributed by atoms with Crippen LogP contribution < -0.4 is 4.74 Å². The highest BCUT2D eigenvalue weighted by Gasteiger charge is 2.06. The van der Waals surface area contributed by atoms with Gasteiger partial charge < -0.3 is 4.74 Å². The Kier molecular flexibility index (Phi) is 5.24. The molecule has 1 heterocycles. The van der Waals surface area contributed by atoms with Gasteiger partial charge >= 0.3 is 0 Å². The van der Waals surface area contributed by atoms with Crippen molar-refractivity contribution in [3.8, 4) is 5.88 Å². The number of hydrogen-bond donors (Lipinski definition) is 0. The molecule has 20 heavy (non-hydrogen) atoms. The van der Waals surface area contributed by atoms with Crippen LogP contribution in [0.2, 0.25) is 0 Å². The zero-order valence-corrected chi connectivity index (χ0v) is 11.6. The molecule has 0 radical (unpaired) electrons. The third-order valence-electron chi connectivity index (χ3n) is 3.05. The smallest absolute Gasteiger partial charge is 0.216 e.